The quantitative estimate of drug-likeness (QED) is 0.788. The molecule has 0 aliphatic rings. The fourth-order valence-corrected chi connectivity index (χ4v) is 2.70. The molecule has 5 nitrogen and oxygen atoms in total. The Morgan fingerprint density at radius 2 is 2.25 bits per heavy atom. The fourth-order valence-electron chi connectivity index (χ4n) is 1.16. The Kier molecular flexibility index (Phi) is 5.01. The van der Waals surface area contributed by atoms with Crippen molar-refractivity contribution < 1.29 is 9.90 Å². The molecule has 1 N–H and O–H groups in total. The van der Waals surface area contributed by atoms with Crippen LogP contribution in [0.15, 0.2) is 4.34 Å². The van der Waals surface area contributed by atoms with Gasteiger partial charge in [0.25, 0.3) is 0 Å². The van der Waals surface area contributed by atoms with Crippen LogP contribution >= 0.6 is 23.1 Å². The lowest BCUT2D eigenvalue weighted by atomic mass is 10.2. The molecular formula is C9H15N3O2S2. The molecule has 7 heteroatoms. The summed E-state index contributed by atoms with van der Waals surface area (Å²) in [5.41, 5.74) is 0. The number of nitrogens with zero attached hydrogens (tertiary/aromatic N) is 3. The SMILES string of the molecule is CC(C)CN(C)c1nnc(SCC(=O)O)s1. The summed E-state index contributed by atoms with van der Waals surface area (Å²) in [6.07, 6.45) is 0. The van der Waals surface area contributed by atoms with E-state index in [1.807, 2.05) is 11.9 Å². The lowest BCUT2D eigenvalue weighted by Crippen LogP contribution is -2.22. The van der Waals surface area contributed by atoms with Gasteiger partial charge in [0.2, 0.25) is 5.13 Å². The summed E-state index contributed by atoms with van der Waals surface area (Å²) < 4.78 is 0.702. The van der Waals surface area contributed by atoms with E-state index in [4.69, 9.17) is 5.11 Å². The number of aliphatic carboxylic acids is 1. The van der Waals surface area contributed by atoms with E-state index in [9.17, 15) is 4.79 Å². The van der Waals surface area contributed by atoms with Crippen LogP contribution in [0, 0.1) is 5.92 Å². The van der Waals surface area contributed by atoms with Crippen LogP contribution in [-0.2, 0) is 4.79 Å². The maximum Gasteiger partial charge on any atom is 0.313 e. The van der Waals surface area contributed by atoms with Gasteiger partial charge in [-0.15, -0.1) is 10.2 Å². The minimum absolute atomic E-state index is 0.0303. The number of rotatable bonds is 6. The zero-order valence-electron chi connectivity index (χ0n) is 9.51. The highest BCUT2D eigenvalue weighted by Crippen LogP contribution is 2.27. The standard InChI is InChI=1S/C9H15N3O2S2/c1-6(2)4-12(3)8-10-11-9(16-8)15-5-7(13)14/h6H,4-5H2,1-3H3,(H,13,14). The molecule has 1 rings (SSSR count). The molecule has 1 aromatic rings. The van der Waals surface area contributed by atoms with Crippen molar-refractivity contribution in [2.24, 2.45) is 5.92 Å². The molecule has 0 aliphatic carbocycles. The van der Waals surface area contributed by atoms with Crippen LogP contribution in [0.4, 0.5) is 5.13 Å². The van der Waals surface area contributed by atoms with Crippen molar-refractivity contribution in [3.8, 4) is 0 Å². The third-order valence-corrected chi connectivity index (χ3v) is 3.84. The zero-order valence-corrected chi connectivity index (χ0v) is 11.1. The van der Waals surface area contributed by atoms with Crippen molar-refractivity contribution in [3.05, 3.63) is 0 Å². The average molecular weight is 261 g/mol. The minimum Gasteiger partial charge on any atom is -0.481 e. The van der Waals surface area contributed by atoms with E-state index in [2.05, 4.69) is 24.0 Å². The van der Waals surface area contributed by atoms with E-state index >= 15 is 0 Å². The first-order valence-electron chi connectivity index (χ1n) is 4.88. The monoisotopic (exact) mass is 261 g/mol. The molecule has 0 atom stereocenters. The molecule has 0 aliphatic heterocycles. The fraction of sp³-hybridized carbons (Fsp3) is 0.667. The Bertz CT molecular complexity index is 354. The molecule has 1 aromatic heterocycles. The number of hydrogen-bond acceptors (Lipinski definition) is 6. The molecule has 0 unspecified atom stereocenters. The molecule has 16 heavy (non-hydrogen) atoms. The molecule has 0 bridgehead atoms. The number of hydrogen-bond donors (Lipinski definition) is 1. The van der Waals surface area contributed by atoms with Gasteiger partial charge >= 0.3 is 5.97 Å². The van der Waals surface area contributed by atoms with E-state index < -0.39 is 5.97 Å². The summed E-state index contributed by atoms with van der Waals surface area (Å²) >= 11 is 2.63. The topological polar surface area (TPSA) is 66.3 Å². The van der Waals surface area contributed by atoms with Crippen LogP contribution in [-0.4, -0.2) is 40.6 Å². The first-order chi connectivity index (χ1) is 7.49. The molecule has 0 radical (unpaired) electrons. The molecule has 0 spiro atoms. The largest absolute Gasteiger partial charge is 0.481 e. The minimum atomic E-state index is -0.836. The highest BCUT2D eigenvalue weighted by Gasteiger charge is 2.11. The highest BCUT2D eigenvalue weighted by atomic mass is 32.2. The maximum absolute atomic E-state index is 10.4. The predicted molar refractivity (Wildman–Crippen MR) is 66.4 cm³/mol. The smallest absolute Gasteiger partial charge is 0.313 e. The van der Waals surface area contributed by atoms with Crippen LogP contribution in [0.1, 0.15) is 13.8 Å². The normalized spacial score (nSPS) is 10.8. The van der Waals surface area contributed by atoms with Gasteiger partial charge in [-0.05, 0) is 5.92 Å². The maximum atomic E-state index is 10.4. The third kappa shape index (κ3) is 4.36. The molecule has 0 saturated heterocycles. The number of carboxylic acid groups (broad SMARTS) is 1. The molecule has 0 fully saturated rings. The Morgan fingerprint density at radius 3 is 2.81 bits per heavy atom. The van der Waals surface area contributed by atoms with E-state index in [0.29, 0.717) is 10.3 Å². The third-order valence-electron chi connectivity index (χ3n) is 1.68. The van der Waals surface area contributed by atoms with Gasteiger partial charge in [0.05, 0.1) is 5.75 Å². The Balaban J connectivity index is 2.53. The second-order valence-electron chi connectivity index (χ2n) is 3.81. The molecule has 0 amide bonds. The van der Waals surface area contributed by atoms with Crippen LogP contribution in [0.3, 0.4) is 0 Å². The summed E-state index contributed by atoms with van der Waals surface area (Å²) in [5.74, 6) is -0.246. The summed E-state index contributed by atoms with van der Waals surface area (Å²) in [6, 6.07) is 0. The van der Waals surface area contributed by atoms with Crippen molar-refractivity contribution >= 4 is 34.2 Å². The van der Waals surface area contributed by atoms with E-state index in [1.54, 1.807) is 0 Å². The second-order valence-corrected chi connectivity index (χ2v) is 5.99. The Hall–Kier alpha value is -0.820. The second kappa shape index (κ2) is 6.05. The van der Waals surface area contributed by atoms with Crippen molar-refractivity contribution in [2.75, 3.05) is 24.2 Å². The van der Waals surface area contributed by atoms with Crippen LogP contribution in [0.25, 0.3) is 0 Å². The van der Waals surface area contributed by atoms with Crippen molar-refractivity contribution in [3.63, 3.8) is 0 Å². The first kappa shape index (κ1) is 13.2. The molecule has 0 saturated carbocycles. The van der Waals surface area contributed by atoms with Gasteiger partial charge in [-0.1, -0.05) is 36.9 Å². The van der Waals surface area contributed by atoms with Gasteiger partial charge in [0.15, 0.2) is 4.34 Å². The lowest BCUT2D eigenvalue weighted by Gasteiger charge is -2.16. The van der Waals surface area contributed by atoms with Crippen molar-refractivity contribution in [2.45, 2.75) is 18.2 Å². The molecular weight excluding hydrogens is 246 g/mol. The lowest BCUT2D eigenvalue weighted by molar-refractivity contribution is -0.133. The number of aromatic nitrogens is 2. The Morgan fingerprint density at radius 1 is 1.56 bits per heavy atom. The van der Waals surface area contributed by atoms with Gasteiger partial charge < -0.3 is 10.0 Å². The summed E-state index contributed by atoms with van der Waals surface area (Å²) in [7, 11) is 1.96. The first-order valence-corrected chi connectivity index (χ1v) is 6.68. The van der Waals surface area contributed by atoms with Gasteiger partial charge in [-0.2, -0.15) is 0 Å². The number of carboxylic acids is 1. The molecule has 1 heterocycles. The van der Waals surface area contributed by atoms with Gasteiger partial charge in [0.1, 0.15) is 0 Å². The van der Waals surface area contributed by atoms with E-state index in [1.165, 1.54) is 23.1 Å². The Labute approximate surface area is 103 Å². The van der Waals surface area contributed by atoms with Crippen LogP contribution < -0.4 is 4.90 Å². The molecule has 90 valence electrons. The van der Waals surface area contributed by atoms with E-state index in [0.717, 1.165) is 11.7 Å². The molecule has 0 aromatic carbocycles. The zero-order chi connectivity index (χ0) is 12.1. The average Bonchev–Trinajstić information content (AvgIpc) is 2.61. The summed E-state index contributed by atoms with van der Waals surface area (Å²) in [6.45, 7) is 5.19. The summed E-state index contributed by atoms with van der Waals surface area (Å²) in [4.78, 5) is 12.4. The van der Waals surface area contributed by atoms with Gasteiger partial charge in [-0.3, -0.25) is 4.79 Å². The van der Waals surface area contributed by atoms with Gasteiger partial charge in [0, 0.05) is 13.6 Å². The number of anilines is 1. The van der Waals surface area contributed by atoms with Gasteiger partial charge in [-0.25, -0.2) is 0 Å². The van der Waals surface area contributed by atoms with E-state index in [-0.39, 0.29) is 5.75 Å². The van der Waals surface area contributed by atoms with Crippen molar-refractivity contribution in [1.29, 1.82) is 0 Å². The number of carbonyl (C=O) groups is 1. The van der Waals surface area contributed by atoms with Crippen LogP contribution in [0.2, 0.25) is 0 Å². The van der Waals surface area contributed by atoms with Crippen LogP contribution in [0.5, 0.6) is 0 Å². The predicted octanol–water partition coefficient (Wildman–Crippen LogP) is 1.81. The summed E-state index contributed by atoms with van der Waals surface area (Å²) in [5, 5.41) is 17.3. The highest BCUT2D eigenvalue weighted by molar-refractivity contribution is 8.01. The van der Waals surface area contributed by atoms with Crippen molar-refractivity contribution in [1.82, 2.24) is 10.2 Å². The number of thioether (sulfide) groups is 1.